The van der Waals surface area contributed by atoms with Crippen LogP contribution in [-0.2, 0) is 40.1 Å². The molecular weight excluding hydrogens is 615 g/mol. The van der Waals surface area contributed by atoms with Crippen molar-refractivity contribution < 1.29 is 31.1 Å². The standard InChI is InChI=1S/C30H32F3N5O4S2/c1-2-18-9-20-14-37(13-17-15-42-16-17)6-5-19(20)10-23(18)35-29-34-12-22(30(31,32)33)26(36-29)24-11-25-27(43-24)28(39)38(21-3-4-21)7-8-44(25,40)41/h9-12,17,21H,2-8,13-16H2,1H3,(H,34,35,36). The number of sulfone groups is 1. The molecule has 1 aliphatic carbocycles. The van der Waals surface area contributed by atoms with Crippen LogP contribution < -0.4 is 5.32 Å². The van der Waals surface area contributed by atoms with Crippen molar-refractivity contribution >= 4 is 38.7 Å². The summed E-state index contributed by atoms with van der Waals surface area (Å²) in [7, 11) is -3.87. The number of carbonyl (C=O) groups excluding carboxylic acids is 1. The Morgan fingerprint density at radius 3 is 2.61 bits per heavy atom. The van der Waals surface area contributed by atoms with Crippen LogP contribution in [0.4, 0.5) is 24.8 Å². The van der Waals surface area contributed by atoms with Gasteiger partial charge in [0.15, 0.2) is 9.84 Å². The lowest BCUT2D eigenvalue weighted by atomic mass is 9.94. The van der Waals surface area contributed by atoms with Crippen molar-refractivity contribution in [3.63, 3.8) is 0 Å². The zero-order chi connectivity index (χ0) is 30.8. The van der Waals surface area contributed by atoms with E-state index in [0.717, 1.165) is 74.7 Å². The molecule has 1 saturated heterocycles. The van der Waals surface area contributed by atoms with Crippen LogP contribution in [0.15, 0.2) is 29.3 Å². The van der Waals surface area contributed by atoms with Crippen LogP contribution in [0.1, 0.15) is 51.7 Å². The van der Waals surface area contributed by atoms with E-state index in [1.165, 1.54) is 22.1 Å². The molecule has 1 saturated carbocycles. The third-order valence-electron chi connectivity index (χ3n) is 8.77. The van der Waals surface area contributed by atoms with E-state index in [2.05, 4.69) is 26.3 Å². The van der Waals surface area contributed by atoms with E-state index in [4.69, 9.17) is 4.74 Å². The fourth-order valence-electron chi connectivity index (χ4n) is 6.16. The second-order valence-electron chi connectivity index (χ2n) is 12.0. The Hall–Kier alpha value is -3.07. The van der Waals surface area contributed by atoms with Gasteiger partial charge in [-0.3, -0.25) is 9.69 Å². The molecule has 0 spiro atoms. The maximum Gasteiger partial charge on any atom is 0.420 e. The molecule has 9 nitrogen and oxygen atoms in total. The van der Waals surface area contributed by atoms with Crippen molar-refractivity contribution in [3.8, 4) is 10.6 Å². The summed E-state index contributed by atoms with van der Waals surface area (Å²) in [5.74, 6) is -0.196. The van der Waals surface area contributed by atoms with Crippen molar-refractivity contribution in [3.05, 3.63) is 51.5 Å². The summed E-state index contributed by atoms with van der Waals surface area (Å²) in [6, 6.07) is 5.32. The number of ether oxygens (including phenoxy) is 1. The zero-order valence-corrected chi connectivity index (χ0v) is 25.7. The minimum atomic E-state index is -4.80. The topological polar surface area (TPSA) is 105 Å². The zero-order valence-electron chi connectivity index (χ0n) is 24.1. The molecule has 0 radical (unpaired) electrons. The molecule has 4 aliphatic rings. The second kappa shape index (κ2) is 11.1. The normalized spacial score (nSPS) is 20.5. The molecule has 0 unspecified atom stereocenters. The molecule has 0 bridgehead atoms. The van der Waals surface area contributed by atoms with Crippen LogP contribution in [0, 0.1) is 5.92 Å². The highest BCUT2D eigenvalue weighted by molar-refractivity contribution is 7.91. The summed E-state index contributed by atoms with van der Waals surface area (Å²) in [5.41, 5.74) is 2.56. The third kappa shape index (κ3) is 5.61. The van der Waals surface area contributed by atoms with Crippen LogP contribution in [0.25, 0.3) is 10.6 Å². The number of thiophene rings is 1. The van der Waals surface area contributed by atoms with Crippen molar-refractivity contribution in [1.82, 2.24) is 19.8 Å². The third-order valence-corrected chi connectivity index (χ3v) is 11.7. The molecule has 14 heteroatoms. The Labute approximate surface area is 257 Å². The van der Waals surface area contributed by atoms with E-state index in [1.807, 2.05) is 13.0 Å². The predicted molar refractivity (Wildman–Crippen MR) is 159 cm³/mol. The van der Waals surface area contributed by atoms with Gasteiger partial charge < -0.3 is 15.0 Å². The lowest BCUT2D eigenvalue weighted by Gasteiger charge is -2.35. The molecule has 234 valence electrons. The molecule has 3 aromatic rings. The number of amides is 1. The Morgan fingerprint density at radius 2 is 1.93 bits per heavy atom. The summed E-state index contributed by atoms with van der Waals surface area (Å²) < 4.78 is 74.1. The molecule has 3 aliphatic heterocycles. The minimum Gasteiger partial charge on any atom is -0.381 e. The summed E-state index contributed by atoms with van der Waals surface area (Å²) in [5, 5.41) is 3.14. The molecule has 2 fully saturated rings. The number of nitrogens with zero attached hydrogens (tertiary/aromatic N) is 4. The molecule has 5 heterocycles. The van der Waals surface area contributed by atoms with Gasteiger partial charge in [0.05, 0.1) is 34.4 Å². The Balaban J connectivity index is 1.23. The molecule has 7 rings (SSSR count). The molecule has 1 aromatic carbocycles. The van der Waals surface area contributed by atoms with Crippen LogP contribution >= 0.6 is 11.3 Å². The van der Waals surface area contributed by atoms with Gasteiger partial charge in [0.25, 0.3) is 5.91 Å². The first-order valence-electron chi connectivity index (χ1n) is 14.8. The monoisotopic (exact) mass is 647 g/mol. The fourth-order valence-corrected chi connectivity index (χ4v) is 9.08. The average Bonchev–Trinajstić information content (AvgIpc) is 3.70. The van der Waals surface area contributed by atoms with Gasteiger partial charge in [0.2, 0.25) is 5.95 Å². The number of carbonyl (C=O) groups is 1. The molecule has 0 atom stereocenters. The number of halogens is 3. The number of nitrogens with one attached hydrogen (secondary N) is 1. The predicted octanol–water partition coefficient (Wildman–Crippen LogP) is 4.93. The first-order valence-corrected chi connectivity index (χ1v) is 17.3. The largest absolute Gasteiger partial charge is 0.420 e. The highest BCUT2D eigenvalue weighted by Gasteiger charge is 2.42. The van der Waals surface area contributed by atoms with E-state index in [9.17, 15) is 26.4 Å². The van der Waals surface area contributed by atoms with Gasteiger partial charge in [0, 0.05) is 50.0 Å². The van der Waals surface area contributed by atoms with Gasteiger partial charge in [-0.1, -0.05) is 13.0 Å². The Bertz CT molecular complexity index is 1730. The van der Waals surface area contributed by atoms with Crippen molar-refractivity contribution in [2.24, 2.45) is 5.92 Å². The van der Waals surface area contributed by atoms with Gasteiger partial charge in [-0.15, -0.1) is 11.3 Å². The van der Waals surface area contributed by atoms with Crippen molar-refractivity contribution in [1.29, 1.82) is 0 Å². The van der Waals surface area contributed by atoms with E-state index in [0.29, 0.717) is 18.5 Å². The number of benzene rings is 1. The van der Waals surface area contributed by atoms with Crippen LogP contribution in [0.3, 0.4) is 0 Å². The summed E-state index contributed by atoms with van der Waals surface area (Å²) in [6.45, 7) is 6.45. The number of anilines is 2. The van der Waals surface area contributed by atoms with E-state index >= 15 is 0 Å². The quantitative estimate of drug-likeness (QED) is 0.385. The number of aromatic nitrogens is 2. The average molecular weight is 648 g/mol. The van der Waals surface area contributed by atoms with Crippen molar-refractivity contribution in [2.45, 2.75) is 56.3 Å². The van der Waals surface area contributed by atoms with Crippen LogP contribution in [-0.4, -0.2) is 78.7 Å². The summed E-state index contributed by atoms with van der Waals surface area (Å²) in [4.78, 5) is 25.2. The Kier molecular flexibility index (Phi) is 7.46. The van der Waals surface area contributed by atoms with Crippen LogP contribution in [0.2, 0.25) is 0 Å². The van der Waals surface area contributed by atoms with Gasteiger partial charge in [-0.2, -0.15) is 13.2 Å². The van der Waals surface area contributed by atoms with E-state index in [1.54, 1.807) is 0 Å². The lowest BCUT2D eigenvalue weighted by molar-refractivity contribution is -0.137. The first-order chi connectivity index (χ1) is 21.0. The minimum absolute atomic E-state index is 0.0282. The number of rotatable bonds is 7. The number of hydrogen-bond acceptors (Lipinski definition) is 9. The highest BCUT2D eigenvalue weighted by Crippen LogP contribution is 2.43. The first kappa shape index (κ1) is 29.6. The maximum absolute atomic E-state index is 14.2. The number of fused-ring (bicyclic) bond motifs is 2. The second-order valence-corrected chi connectivity index (χ2v) is 15.1. The smallest absolute Gasteiger partial charge is 0.381 e. The van der Waals surface area contributed by atoms with Crippen LogP contribution in [0.5, 0.6) is 0 Å². The fraction of sp³-hybridized carbons (Fsp3) is 0.500. The maximum atomic E-state index is 14.2. The molecule has 1 amide bonds. The van der Waals surface area contributed by atoms with Gasteiger partial charge in [-0.05, 0) is 54.5 Å². The molecular formula is C30H32F3N5O4S2. The van der Waals surface area contributed by atoms with Gasteiger partial charge in [0.1, 0.15) is 10.4 Å². The number of aryl methyl sites for hydroxylation is 1. The van der Waals surface area contributed by atoms with E-state index < -0.39 is 33.2 Å². The van der Waals surface area contributed by atoms with E-state index in [-0.39, 0.29) is 38.9 Å². The van der Waals surface area contributed by atoms with Gasteiger partial charge in [-0.25, -0.2) is 18.4 Å². The highest BCUT2D eigenvalue weighted by atomic mass is 32.2. The van der Waals surface area contributed by atoms with Crippen molar-refractivity contribution in [2.75, 3.05) is 43.9 Å². The molecule has 2 aromatic heterocycles. The Morgan fingerprint density at radius 1 is 1.14 bits per heavy atom. The summed E-state index contributed by atoms with van der Waals surface area (Å²) in [6.07, 6.45) is -0.967. The molecule has 1 N–H and O–H groups in total. The molecule has 44 heavy (non-hydrogen) atoms. The SMILES string of the molecule is CCc1cc2c(cc1Nc1ncc(C(F)(F)F)c(-c3cc4c(s3)C(=O)N(C3CC3)CCS4(=O)=O)n1)CCN(CC1COC1)C2. The number of hydrogen-bond donors (Lipinski definition) is 1. The van der Waals surface area contributed by atoms with Gasteiger partial charge >= 0.3 is 6.18 Å². The number of alkyl halides is 3. The summed E-state index contributed by atoms with van der Waals surface area (Å²) >= 11 is 0.742. The lowest BCUT2D eigenvalue weighted by Crippen LogP contribution is -2.41.